The first kappa shape index (κ1) is 18.9. The molecule has 4 heterocycles. The Bertz CT molecular complexity index is 1170. The Hall–Kier alpha value is -3.05. The van der Waals surface area contributed by atoms with Gasteiger partial charge in [0.1, 0.15) is 24.6 Å². The summed E-state index contributed by atoms with van der Waals surface area (Å²) in [5.41, 5.74) is 3.32. The highest BCUT2D eigenvalue weighted by Crippen LogP contribution is 2.32. The van der Waals surface area contributed by atoms with Crippen LogP contribution >= 0.6 is 0 Å². The minimum Gasteiger partial charge on any atom is -0.394 e. The molecule has 5 rings (SSSR count). The SMILES string of the molecule is OC[C@H]1O[C@@H](n2cnc3c(NCCc4c[nH]c5ccccc45)ncnc32)[C@@H](O)C1O. The number of imidazole rings is 1. The van der Waals surface area contributed by atoms with Crippen LogP contribution in [-0.2, 0) is 11.2 Å². The number of aromatic nitrogens is 5. The van der Waals surface area contributed by atoms with Crippen molar-refractivity contribution in [3.05, 3.63) is 48.7 Å². The van der Waals surface area contributed by atoms with Crippen molar-refractivity contribution in [2.75, 3.05) is 18.5 Å². The summed E-state index contributed by atoms with van der Waals surface area (Å²) in [6, 6.07) is 8.16. The number of hydrogen-bond donors (Lipinski definition) is 5. The molecule has 4 aromatic rings. The van der Waals surface area contributed by atoms with Gasteiger partial charge < -0.3 is 30.4 Å². The molecule has 1 unspecified atom stereocenters. The largest absolute Gasteiger partial charge is 0.394 e. The first-order valence-electron chi connectivity index (χ1n) is 9.76. The van der Waals surface area contributed by atoms with Crippen molar-refractivity contribution in [2.45, 2.75) is 31.0 Å². The van der Waals surface area contributed by atoms with Crippen LogP contribution in [0, 0.1) is 0 Å². The molecule has 0 spiro atoms. The van der Waals surface area contributed by atoms with Gasteiger partial charge in [0.25, 0.3) is 0 Å². The van der Waals surface area contributed by atoms with Crippen molar-refractivity contribution < 1.29 is 20.1 Å². The zero-order chi connectivity index (χ0) is 20.7. The summed E-state index contributed by atoms with van der Waals surface area (Å²) in [6.45, 7) is 0.256. The fourth-order valence-electron chi connectivity index (χ4n) is 3.93. The van der Waals surface area contributed by atoms with E-state index in [1.807, 2.05) is 24.4 Å². The Morgan fingerprint density at radius 3 is 2.83 bits per heavy atom. The van der Waals surface area contributed by atoms with Gasteiger partial charge >= 0.3 is 0 Å². The number of fused-ring (bicyclic) bond motifs is 2. The maximum atomic E-state index is 10.3. The van der Waals surface area contributed by atoms with E-state index in [9.17, 15) is 15.3 Å². The molecule has 0 bridgehead atoms. The standard InChI is InChI=1S/C20H22N6O4/c27-8-14-16(28)17(29)20(30-14)26-10-25-15-18(23-9-24-19(15)26)21-6-5-11-7-22-13-4-2-1-3-12(11)13/h1-4,7,9-10,14,16-17,20,22,27-29H,5-6,8H2,(H,21,23,24)/t14-,16?,17+,20-/m1/s1. The van der Waals surface area contributed by atoms with Gasteiger partial charge in [-0.2, -0.15) is 0 Å². The van der Waals surface area contributed by atoms with E-state index in [-0.39, 0.29) is 0 Å². The van der Waals surface area contributed by atoms with E-state index in [1.165, 1.54) is 23.6 Å². The van der Waals surface area contributed by atoms with Gasteiger partial charge in [-0.15, -0.1) is 0 Å². The lowest BCUT2D eigenvalue weighted by atomic mass is 10.1. The van der Waals surface area contributed by atoms with Gasteiger partial charge in [-0.05, 0) is 18.1 Å². The highest BCUT2D eigenvalue weighted by molar-refractivity contribution is 5.84. The predicted octanol–water partition coefficient (Wildman–Crippen LogP) is 0.574. The summed E-state index contributed by atoms with van der Waals surface area (Å²) in [5.74, 6) is 0.574. The van der Waals surface area contributed by atoms with Crippen molar-refractivity contribution >= 4 is 27.9 Å². The first-order valence-corrected chi connectivity index (χ1v) is 9.76. The molecule has 0 saturated carbocycles. The van der Waals surface area contributed by atoms with Gasteiger partial charge in [-0.25, -0.2) is 15.0 Å². The minimum atomic E-state index is -1.20. The highest BCUT2D eigenvalue weighted by Gasteiger charge is 2.44. The van der Waals surface area contributed by atoms with E-state index >= 15 is 0 Å². The Labute approximate surface area is 171 Å². The van der Waals surface area contributed by atoms with Crippen LogP contribution in [0.25, 0.3) is 22.1 Å². The fourth-order valence-corrected chi connectivity index (χ4v) is 3.93. The number of aliphatic hydroxyl groups is 3. The van der Waals surface area contributed by atoms with Crippen molar-refractivity contribution in [1.82, 2.24) is 24.5 Å². The molecule has 10 heteroatoms. The van der Waals surface area contributed by atoms with Gasteiger partial charge in [0.05, 0.1) is 12.9 Å². The molecule has 0 radical (unpaired) electrons. The summed E-state index contributed by atoms with van der Waals surface area (Å²) < 4.78 is 7.13. The van der Waals surface area contributed by atoms with Crippen molar-refractivity contribution in [3.63, 3.8) is 0 Å². The van der Waals surface area contributed by atoms with E-state index < -0.39 is 31.1 Å². The summed E-state index contributed by atoms with van der Waals surface area (Å²) >= 11 is 0. The molecule has 3 aromatic heterocycles. The third-order valence-corrected chi connectivity index (χ3v) is 5.51. The zero-order valence-electron chi connectivity index (χ0n) is 16.0. The number of H-pyrrole nitrogens is 1. The summed E-state index contributed by atoms with van der Waals surface area (Å²) in [6.07, 6.45) is 1.57. The van der Waals surface area contributed by atoms with E-state index in [2.05, 4.69) is 31.3 Å². The molecular weight excluding hydrogens is 388 g/mol. The Morgan fingerprint density at radius 1 is 1.13 bits per heavy atom. The zero-order valence-corrected chi connectivity index (χ0v) is 16.0. The van der Waals surface area contributed by atoms with Crippen LogP contribution in [-0.4, -0.2) is 71.3 Å². The first-order chi connectivity index (χ1) is 14.7. The average Bonchev–Trinajstić information content (AvgIpc) is 3.45. The lowest BCUT2D eigenvalue weighted by Crippen LogP contribution is -2.33. The second-order valence-corrected chi connectivity index (χ2v) is 7.31. The lowest BCUT2D eigenvalue weighted by molar-refractivity contribution is -0.0511. The molecule has 156 valence electrons. The van der Waals surface area contributed by atoms with Gasteiger partial charge in [0.2, 0.25) is 0 Å². The topological polar surface area (TPSA) is 141 Å². The number of hydrogen-bond acceptors (Lipinski definition) is 8. The number of nitrogens with zero attached hydrogens (tertiary/aromatic N) is 4. The molecule has 5 N–H and O–H groups in total. The molecule has 1 aromatic carbocycles. The van der Waals surface area contributed by atoms with Crippen LogP contribution < -0.4 is 5.32 Å². The number of ether oxygens (including phenoxy) is 1. The second-order valence-electron chi connectivity index (χ2n) is 7.31. The van der Waals surface area contributed by atoms with Crippen molar-refractivity contribution in [3.8, 4) is 0 Å². The Balaban J connectivity index is 1.35. The fraction of sp³-hybridized carbons (Fsp3) is 0.350. The van der Waals surface area contributed by atoms with E-state index in [4.69, 9.17) is 4.74 Å². The van der Waals surface area contributed by atoms with Gasteiger partial charge in [-0.3, -0.25) is 4.57 Å². The van der Waals surface area contributed by atoms with E-state index in [1.54, 1.807) is 4.57 Å². The summed E-state index contributed by atoms with van der Waals surface area (Å²) in [7, 11) is 0. The molecular formula is C20H22N6O4. The average molecular weight is 410 g/mol. The van der Waals surface area contributed by atoms with Gasteiger partial charge in [0.15, 0.2) is 23.2 Å². The van der Waals surface area contributed by atoms with Crippen LogP contribution in [0.4, 0.5) is 5.82 Å². The number of aromatic amines is 1. The molecule has 10 nitrogen and oxygen atoms in total. The van der Waals surface area contributed by atoms with Crippen molar-refractivity contribution in [2.24, 2.45) is 0 Å². The number of anilines is 1. The molecule has 0 aliphatic carbocycles. The Kier molecular flexibility index (Phi) is 4.83. The normalized spacial score (nSPS) is 24.1. The molecule has 0 amide bonds. The van der Waals surface area contributed by atoms with Crippen LogP contribution in [0.15, 0.2) is 43.1 Å². The van der Waals surface area contributed by atoms with Crippen LogP contribution in [0.2, 0.25) is 0 Å². The van der Waals surface area contributed by atoms with Gasteiger partial charge in [0, 0.05) is 23.6 Å². The molecule has 1 fully saturated rings. The molecule has 1 saturated heterocycles. The number of rotatable bonds is 6. The Morgan fingerprint density at radius 2 is 2.00 bits per heavy atom. The highest BCUT2D eigenvalue weighted by atomic mass is 16.6. The number of benzene rings is 1. The minimum absolute atomic E-state index is 0.392. The monoisotopic (exact) mass is 410 g/mol. The number of aliphatic hydroxyl groups excluding tert-OH is 3. The van der Waals surface area contributed by atoms with Crippen LogP contribution in [0.1, 0.15) is 11.8 Å². The maximum Gasteiger partial charge on any atom is 0.167 e. The number of nitrogens with one attached hydrogen (secondary N) is 2. The van der Waals surface area contributed by atoms with Crippen LogP contribution in [0.5, 0.6) is 0 Å². The number of para-hydroxylation sites is 1. The third kappa shape index (κ3) is 3.10. The van der Waals surface area contributed by atoms with Crippen LogP contribution in [0.3, 0.4) is 0 Å². The predicted molar refractivity (Wildman–Crippen MR) is 109 cm³/mol. The maximum absolute atomic E-state index is 10.3. The van der Waals surface area contributed by atoms with E-state index in [0.29, 0.717) is 23.5 Å². The third-order valence-electron chi connectivity index (χ3n) is 5.51. The quantitative estimate of drug-likeness (QED) is 0.311. The summed E-state index contributed by atoms with van der Waals surface area (Å²) in [5, 5.41) is 34.1. The lowest BCUT2D eigenvalue weighted by Gasteiger charge is -2.16. The molecule has 4 atom stereocenters. The molecule has 1 aliphatic heterocycles. The molecule has 1 aliphatic rings. The second kappa shape index (κ2) is 7.65. The van der Waals surface area contributed by atoms with Gasteiger partial charge in [-0.1, -0.05) is 18.2 Å². The van der Waals surface area contributed by atoms with E-state index in [0.717, 1.165) is 11.9 Å². The smallest absolute Gasteiger partial charge is 0.167 e. The van der Waals surface area contributed by atoms with Crippen molar-refractivity contribution in [1.29, 1.82) is 0 Å². The molecule has 30 heavy (non-hydrogen) atoms. The summed E-state index contributed by atoms with van der Waals surface area (Å²) in [4.78, 5) is 16.2.